The van der Waals surface area contributed by atoms with E-state index in [1.807, 2.05) is 19.1 Å². The van der Waals surface area contributed by atoms with Crippen molar-refractivity contribution in [2.45, 2.75) is 25.8 Å². The van der Waals surface area contributed by atoms with Crippen molar-refractivity contribution < 1.29 is 24.2 Å². The minimum absolute atomic E-state index is 0.0904. The number of para-hydroxylation sites is 1. The van der Waals surface area contributed by atoms with Crippen LogP contribution in [0.2, 0.25) is 0 Å². The van der Waals surface area contributed by atoms with Gasteiger partial charge in [0.15, 0.2) is 6.61 Å². The molecule has 0 radical (unpaired) electrons. The van der Waals surface area contributed by atoms with Gasteiger partial charge >= 0.3 is 12.0 Å². The lowest BCUT2D eigenvalue weighted by Crippen LogP contribution is -2.40. The van der Waals surface area contributed by atoms with Gasteiger partial charge in [-0.2, -0.15) is 0 Å². The van der Waals surface area contributed by atoms with E-state index < -0.39 is 5.97 Å². The van der Waals surface area contributed by atoms with Gasteiger partial charge in [-0.15, -0.1) is 0 Å². The molecule has 1 aromatic rings. The van der Waals surface area contributed by atoms with Gasteiger partial charge in [0, 0.05) is 33.3 Å². The van der Waals surface area contributed by atoms with Gasteiger partial charge in [0.1, 0.15) is 5.75 Å². The summed E-state index contributed by atoms with van der Waals surface area (Å²) in [7, 11) is 4.85. The highest BCUT2D eigenvalue weighted by Crippen LogP contribution is 2.27. The second-order valence-electron chi connectivity index (χ2n) is 6.09. The highest BCUT2D eigenvalue weighted by molar-refractivity contribution is 5.77. The van der Waals surface area contributed by atoms with Crippen LogP contribution in [0.25, 0.3) is 0 Å². The number of carboxylic acid groups (broad SMARTS) is 1. The number of aliphatic carboxylic acids is 1. The van der Waals surface area contributed by atoms with E-state index in [1.54, 1.807) is 33.3 Å². The smallest absolute Gasteiger partial charge is 0.317 e. The van der Waals surface area contributed by atoms with E-state index in [0.29, 0.717) is 12.2 Å². The molecular formula is C18H27N3O5. The summed E-state index contributed by atoms with van der Waals surface area (Å²) in [4.78, 5) is 37.4. The Hall–Kier alpha value is -2.77. The summed E-state index contributed by atoms with van der Waals surface area (Å²) in [6.45, 7) is 1.95. The topological polar surface area (TPSA) is 99.2 Å². The number of amides is 3. The fraction of sp³-hybridized carbons (Fsp3) is 0.500. The minimum atomic E-state index is -0.957. The molecule has 0 bridgehead atoms. The Balaban J connectivity index is 2.81. The molecule has 1 atom stereocenters. The summed E-state index contributed by atoms with van der Waals surface area (Å²) >= 11 is 0. The maximum Gasteiger partial charge on any atom is 0.317 e. The lowest BCUT2D eigenvalue weighted by atomic mass is 10.0. The van der Waals surface area contributed by atoms with Gasteiger partial charge in [0.2, 0.25) is 0 Å². The number of hydrogen-bond donors (Lipinski definition) is 2. The van der Waals surface area contributed by atoms with Gasteiger partial charge in [0.05, 0.1) is 12.5 Å². The number of carbonyl (C=O) groups is 3. The second kappa shape index (κ2) is 10.3. The van der Waals surface area contributed by atoms with Gasteiger partial charge < -0.3 is 25.0 Å². The monoisotopic (exact) mass is 365 g/mol. The third-order valence-corrected chi connectivity index (χ3v) is 3.86. The van der Waals surface area contributed by atoms with E-state index in [1.165, 1.54) is 9.80 Å². The van der Waals surface area contributed by atoms with Gasteiger partial charge in [0.25, 0.3) is 5.91 Å². The summed E-state index contributed by atoms with van der Waals surface area (Å²) < 4.78 is 5.63. The molecule has 1 rings (SSSR count). The molecule has 0 heterocycles. The quantitative estimate of drug-likeness (QED) is 0.694. The highest BCUT2D eigenvalue weighted by atomic mass is 16.5. The molecule has 0 aliphatic carbocycles. The lowest BCUT2D eigenvalue weighted by molar-refractivity contribution is -0.137. The van der Waals surface area contributed by atoms with Crippen LogP contribution in [0.1, 0.15) is 31.4 Å². The molecule has 0 aliphatic heterocycles. The van der Waals surface area contributed by atoms with Gasteiger partial charge in [-0.25, -0.2) is 4.79 Å². The van der Waals surface area contributed by atoms with Crippen molar-refractivity contribution in [3.63, 3.8) is 0 Å². The number of hydrogen-bond acceptors (Lipinski definition) is 4. The van der Waals surface area contributed by atoms with Crippen molar-refractivity contribution in [2.75, 3.05) is 34.3 Å². The molecule has 0 spiro atoms. The first-order valence-corrected chi connectivity index (χ1v) is 8.41. The first-order chi connectivity index (χ1) is 12.3. The van der Waals surface area contributed by atoms with Crippen molar-refractivity contribution in [1.82, 2.24) is 15.1 Å². The van der Waals surface area contributed by atoms with Crippen LogP contribution in [0.4, 0.5) is 4.79 Å². The Morgan fingerprint density at radius 3 is 2.42 bits per heavy atom. The first kappa shape index (κ1) is 21.3. The Morgan fingerprint density at radius 1 is 1.19 bits per heavy atom. The maximum atomic E-state index is 12.3. The van der Waals surface area contributed by atoms with Crippen LogP contribution in [0.3, 0.4) is 0 Å². The zero-order valence-electron chi connectivity index (χ0n) is 15.7. The standard InChI is InChI=1S/C18H27N3O5/c1-5-14(19-18(25)21(4)11-10-17(23)24)13-8-6-7-9-15(13)26-12-16(22)20(2)3/h6-9,14H,5,10-12H2,1-4H3,(H,19,25)(H,23,24). The maximum absolute atomic E-state index is 12.3. The SMILES string of the molecule is CCC(NC(=O)N(C)CCC(=O)O)c1ccccc1OCC(=O)N(C)C. The molecule has 1 aromatic carbocycles. The molecule has 0 fully saturated rings. The zero-order valence-corrected chi connectivity index (χ0v) is 15.7. The molecule has 2 N–H and O–H groups in total. The van der Waals surface area contributed by atoms with Crippen molar-refractivity contribution in [2.24, 2.45) is 0 Å². The van der Waals surface area contributed by atoms with Crippen molar-refractivity contribution in [3.8, 4) is 5.75 Å². The van der Waals surface area contributed by atoms with Crippen LogP contribution in [-0.2, 0) is 9.59 Å². The number of urea groups is 1. The predicted octanol–water partition coefficient (Wildman–Crippen LogP) is 1.72. The predicted molar refractivity (Wildman–Crippen MR) is 97.1 cm³/mol. The number of nitrogens with zero attached hydrogens (tertiary/aromatic N) is 2. The average molecular weight is 365 g/mol. The van der Waals surface area contributed by atoms with Crippen LogP contribution in [-0.4, -0.2) is 67.1 Å². The first-order valence-electron chi connectivity index (χ1n) is 8.41. The molecule has 3 amide bonds. The summed E-state index contributed by atoms with van der Waals surface area (Å²) in [5, 5.41) is 11.6. The average Bonchev–Trinajstić information content (AvgIpc) is 2.61. The van der Waals surface area contributed by atoms with Crippen LogP contribution in [0.15, 0.2) is 24.3 Å². The Morgan fingerprint density at radius 2 is 1.85 bits per heavy atom. The zero-order chi connectivity index (χ0) is 19.7. The van der Waals surface area contributed by atoms with E-state index in [9.17, 15) is 14.4 Å². The summed E-state index contributed by atoms with van der Waals surface area (Å²) in [5.41, 5.74) is 0.765. The normalized spacial score (nSPS) is 11.4. The Labute approximate surface area is 153 Å². The van der Waals surface area contributed by atoms with E-state index in [0.717, 1.165) is 5.56 Å². The van der Waals surface area contributed by atoms with Crippen molar-refractivity contribution >= 4 is 17.9 Å². The summed E-state index contributed by atoms with van der Waals surface area (Å²) in [6.07, 6.45) is 0.494. The molecule has 1 unspecified atom stereocenters. The van der Waals surface area contributed by atoms with Gasteiger partial charge in [-0.05, 0) is 12.5 Å². The van der Waals surface area contributed by atoms with Gasteiger partial charge in [-0.1, -0.05) is 25.1 Å². The molecule has 0 aliphatic rings. The second-order valence-corrected chi connectivity index (χ2v) is 6.09. The molecular weight excluding hydrogens is 338 g/mol. The third kappa shape index (κ3) is 6.62. The number of carboxylic acids is 1. The van der Waals surface area contributed by atoms with E-state index in [-0.39, 0.29) is 37.6 Å². The van der Waals surface area contributed by atoms with Gasteiger partial charge in [-0.3, -0.25) is 9.59 Å². The fourth-order valence-corrected chi connectivity index (χ4v) is 2.19. The number of rotatable bonds is 9. The largest absolute Gasteiger partial charge is 0.483 e. The number of likely N-dealkylation sites (N-methyl/N-ethyl adjacent to an activating group) is 1. The molecule has 26 heavy (non-hydrogen) atoms. The lowest BCUT2D eigenvalue weighted by Gasteiger charge is -2.24. The number of benzene rings is 1. The van der Waals surface area contributed by atoms with E-state index in [4.69, 9.17) is 9.84 Å². The fourth-order valence-electron chi connectivity index (χ4n) is 2.19. The van der Waals surface area contributed by atoms with Crippen molar-refractivity contribution in [1.29, 1.82) is 0 Å². The molecule has 8 nitrogen and oxygen atoms in total. The molecule has 0 saturated heterocycles. The minimum Gasteiger partial charge on any atom is -0.483 e. The molecule has 0 aromatic heterocycles. The number of nitrogens with one attached hydrogen (secondary N) is 1. The van der Waals surface area contributed by atoms with Crippen LogP contribution in [0.5, 0.6) is 5.75 Å². The summed E-state index contributed by atoms with van der Waals surface area (Å²) in [5.74, 6) is -0.589. The van der Waals surface area contributed by atoms with Crippen LogP contribution >= 0.6 is 0 Å². The molecule has 0 saturated carbocycles. The van der Waals surface area contributed by atoms with Crippen molar-refractivity contribution in [3.05, 3.63) is 29.8 Å². The summed E-state index contributed by atoms with van der Waals surface area (Å²) in [6, 6.07) is 6.53. The molecule has 144 valence electrons. The molecule has 8 heteroatoms. The van der Waals surface area contributed by atoms with E-state index in [2.05, 4.69) is 5.32 Å². The Kier molecular flexibility index (Phi) is 8.41. The number of ether oxygens (including phenoxy) is 1. The highest BCUT2D eigenvalue weighted by Gasteiger charge is 2.20. The Bertz CT molecular complexity index is 633. The number of carbonyl (C=O) groups excluding carboxylic acids is 2. The third-order valence-electron chi connectivity index (χ3n) is 3.86. The van der Waals surface area contributed by atoms with Crippen LogP contribution in [0, 0.1) is 0 Å². The van der Waals surface area contributed by atoms with Crippen LogP contribution < -0.4 is 10.1 Å². The van der Waals surface area contributed by atoms with E-state index >= 15 is 0 Å².